The van der Waals surface area contributed by atoms with Gasteiger partial charge in [0.15, 0.2) is 11.2 Å². The van der Waals surface area contributed by atoms with E-state index in [0.29, 0.717) is 0 Å². The zero-order valence-corrected chi connectivity index (χ0v) is 45.0. The van der Waals surface area contributed by atoms with Crippen LogP contribution < -0.4 is 9.80 Å². The van der Waals surface area contributed by atoms with Gasteiger partial charge in [-0.2, -0.15) is 0 Å². The largest absolute Gasteiger partial charge is 0.454 e. The number of nitrogens with zero attached hydrogens (tertiary/aromatic N) is 3. The molecule has 1 spiro atoms. The summed E-state index contributed by atoms with van der Waals surface area (Å²) in [5.41, 5.74) is 22.2. The molecule has 0 bridgehead atoms. The molecule has 1 aliphatic heterocycles. The topological polar surface area (TPSA) is 37.7 Å². The molecule has 18 rings (SSSR count). The van der Waals surface area contributed by atoms with Gasteiger partial charge in [-0.1, -0.05) is 187 Å². The first-order valence-corrected chi connectivity index (χ1v) is 28.3. The molecule has 0 saturated carbocycles. The zero-order valence-electron chi connectivity index (χ0n) is 45.0. The Balaban J connectivity index is 1.01. The fraction of sp³-hybridized carbons (Fsp3) is 0.0390. The summed E-state index contributed by atoms with van der Waals surface area (Å²) >= 11 is 0. The van der Waals surface area contributed by atoms with Gasteiger partial charge in [-0.15, -0.1) is 0 Å². The molecule has 82 heavy (non-hydrogen) atoms. The number of anilines is 6. The molecule has 0 amide bonds. The molecule has 0 atom stereocenters. The van der Waals surface area contributed by atoms with E-state index < -0.39 is 5.41 Å². The van der Waals surface area contributed by atoms with Crippen LogP contribution in [0.1, 0.15) is 33.4 Å². The minimum atomic E-state index is -0.758. The van der Waals surface area contributed by atoms with Crippen LogP contribution in [0.15, 0.2) is 270 Å². The Kier molecular flexibility index (Phi) is 9.23. The van der Waals surface area contributed by atoms with Crippen LogP contribution in [-0.2, 0) is 5.41 Å². The van der Waals surface area contributed by atoms with Crippen LogP contribution in [-0.4, -0.2) is 4.57 Å². The molecule has 0 N–H and O–H groups in total. The highest BCUT2D eigenvalue weighted by Gasteiger charge is 2.52. The molecule has 0 unspecified atom stereocenters. The minimum absolute atomic E-state index is 0.758. The Morgan fingerprint density at radius 1 is 0.329 bits per heavy atom. The molecule has 13 aromatic carbocycles. The smallest absolute Gasteiger partial charge is 0.159 e. The number of furan rings is 2. The van der Waals surface area contributed by atoms with Crippen molar-refractivity contribution in [2.24, 2.45) is 0 Å². The van der Waals surface area contributed by atoms with Gasteiger partial charge < -0.3 is 23.2 Å². The summed E-state index contributed by atoms with van der Waals surface area (Å²) in [6, 6.07) is 96.6. The van der Waals surface area contributed by atoms with E-state index in [0.717, 1.165) is 94.3 Å². The van der Waals surface area contributed by atoms with E-state index in [9.17, 15) is 0 Å². The zero-order chi connectivity index (χ0) is 53.9. The maximum absolute atomic E-state index is 7.00. The second-order valence-electron chi connectivity index (χ2n) is 22.5. The Labute approximate surface area is 472 Å². The Morgan fingerprint density at radius 2 is 0.805 bits per heavy atom. The highest BCUT2D eigenvalue weighted by atomic mass is 16.3. The second-order valence-corrected chi connectivity index (χ2v) is 22.5. The van der Waals surface area contributed by atoms with E-state index in [1.807, 2.05) is 6.07 Å². The number of para-hydroxylation sites is 5. The lowest BCUT2D eigenvalue weighted by Gasteiger charge is -2.40. The minimum Gasteiger partial charge on any atom is -0.454 e. The summed E-state index contributed by atoms with van der Waals surface area (Å²) in [5.74, 6) is 0. The Bertz CT molecular complexity index is 5300. The van der Waals surface area contributed by atoms with Crippen molar-refractivity contribution in [1.29, 1.82) is 0 Å². The highest BCUT2D eigenvalue weighted by molar-refractivity contribution is 6.19. The number of fused-ring (bicyclic) bond motifs is 22. The van der Waals surface area contributed by atoms with Crippen molar-refractivity contribution < 1.29 is 8.83 Å². The van der Waals surface area contributed by atoms with Gasteiger partial charge in [-0.05, 0) is 154 Å². The van der Waals surface area contributed by atoms with Crippen molar-refractivity contribution in [1.82, 2.24) is 4.57 Å². The molecule has 2 aliphatic rings. The third-order valence-corrected chi connectivity index (χ3v) is 18.0. The number of hydrogen-bond acceptors (Lipinski definition) is 4. The standard InChI is InChI=1S/C77H49N3O2/c1-46-29-35-50(36-30-46)78(68-25-13-21-58-56-19-7-11-27-70(56)81-75(58)68)52-39-42-66-60(43-52)61-44-53(79(51-37-31-47(2)32-38-51)69-26-14-22-59-57-20-8-12-28-71(57)82-76(59)69)45-65-74(61)80(66)67-24-10-9-23-62(67)77(65)63-40-33-48-15-3-5-17-54(48)72(63)73-55-18-6-4-16-49(55)34-41-64(73)77/h3-45H,1-2H3. The van der Waals surface area contributed by atoms with Gasteiger partial charge in [0.25, 0.3) is 0 Å². The van der Waals surface area contributed by atoms with Crippen LogP contribution in [0.4, 0.5) is 34.1 Å². The quantitative estimate of drug-likeness (QED) is 0.166. The molecular weight excluding hydrogens is 999 g/mol. The lowest BCUT2D eigenvalue weighted by molar-refractivity contribution is 0.668. The average Bonchev–Trinajstić information content (AvgIpc) is 1.66. The normalized spacial score (nSPS) is 13.1. The van der Waals surface area contributed by atoms with Gasteiger partial charge in [0.2, 0.25) is 0 Å². The van der Waals surface area contributed by atoms with Crippen molar-refractivity contribution >= 4 is 121 Å². The summed E-state index contributed by atoms with van der Waals surface area (Å²) in [4.78, 5) is 4.83. The Morgan fingerprint density at radius 3 is 1.39 bits per heavy atom. The average molecular weight is 1050 g/mol. The number of aromatic nitrogens is 1. The molecule has 16 aromatic rings. The van der Waals surface area contributed by atoms with E-state index in [-0.39, 0.29) is 0 Å². The summed E-state index contributed by atoms with van der Waals surface area (Å²) in [5, 5.41) is 11.6. The molecular formula is C77H49N3O2. The molecule has 384 valence electrons. The predicted octanol–water partition coefficient (Wildman–Crippen LogP) is 21.1. The highest BCUT2D eigenvalue weighted by Crippen LogP contribution is 2.64. The molecule has 0 fully saturated rings. The third kappa shape index (κ3) is 6.06. The monoisotopic (exact) mass is 1050 g/mol. The van der Waals surface area contributed by atoms with Gasteiger partial charge in [0, 0.05) is 55.1 Å². The van der Waals surface area contributed by atoms with Gasteiger partial charge in [0.1, 0.15) is 11.2 Å². The lowest BCUT2D eigenvalue weighted by atomic mass is 9.65. The molecule has 0 radical (unpaired) electrons. The van der Waals surface area contributed by atoms with Crippen molar-refractivity contribution in [3.8, 4) is 16.8 Å². The second kappa shape index (κ2) is 16.7. The van der Waals surface area contributed by atoms with E-state index in [2.05, 4.69) is 283 Å². The number of hydrogen-bond donors (Lipinski definition) is 0. The first-order valence-electron chi connectivity index (χ1n) is 28.3. The predicted molar refractivity (Wildman–Crippen MR) is 340 cm³/mol. The molecule has 1 aliphatic carbocycles. The number of aryl methyl sites for hydroxylation is 2. The van der Waals surface area contributed by atoms with E-state index in [4.69, 9.17) is 8.83 Å². The molecule has 5 nitrogen and oxygen atoms in total. The van der Waals surface area contributed by atoms with Crippen molar-refractivity contribution in [2.75, 3.05) is 9.80 Å². The van der Waals surface area contributed by atoms with Gasteiger partial charge in [-0.3, -0.25) is 0 Å². The SMILES string of the molecule is Cc1ccc(N(c2ccc3c(c2)c2cc(N(c4ccc(C)cc4)c4cccc5c4oc4ccccc45)cc4c2n3-c2ccccc2C42c3ccc4ccccc4c3-c3c2ccc2ccccc32)c2cccc3c2oc2ccccc23)cc1. The first-order chi connectivity index (χ1) is 40.5. The van der Waals surface area contributed by atoms with Crippen LogP contribution in [0.25, 0.3) is 104 Å². The van der Waals surface area contributed by atoms with Crippen molar-refractivity contribution in [3.63, 3.8) is 0 Å². The molecule has 4 heterocycles. The summed E-state index contributed by atoms with van der Waals surface area (Å²) < 4.78 is 16.4. The van der Waals surface area contributed by atoms with Crippen LogP contribution in [0.3, 0.4) is 0 Å². The first kappa shape index (κ1) is 45.3. The number of benzene rings is 13. The Hall–Kier alpha value is -10.6. The van der Waals surface area contributed by atoms with E-state index in [1.54, 1.807) is 0 Å². The van der Waals surface area contributed by atoms with Crippen molar-refractivity contribution in [3.05, 3.63) is 294 Å². The van der Waals surface area contributed by atoms with Gasteiger partial charge >= 0.3 is 0 Å². The van der Waals surface area contributed by atoms with Gasteiger partial charge in [-0.25, -0.2) is 0 Å². The van der Waals surface area contributed by atoms with Crippen LogP contribution in [0.2, 0.25) is 0 Å². The number of rotatable bonds is 6. The van der Waals surface area contributed by atoms with E-state index in [1.165, 1.54) is 77.3 Å². The summed E-state index contributed by atoms with van der Waals surface area (Å²) in [6.45, 7) is 4.31. The van der Waals surface area contributed by atoms with Crippen LogP contribution >= 0.6 is 0 Å². The molecule has 0 saturated heterocycles. The van der Waals surface area contributed by atoms with E-state index >= 15 is 0 Å². The maximum Gasteiger partial charge on any atom is 0.159 e. The summed E-state index contributed by atoms with van der Waals surface area (Å²) in [7, 11) is 0. The third-order valence-electron chi connectivity index (χ3n) is 18.0. The molecule has 3 aromatic heterocycles. The molecule has 5 heteroatoms. The van der Waals surface area contributed by atoms with Gasteiger partial charge in [0.05, 0.1) is 33.5 Å². The van der Waals surface area contributed by atoms with Crippen molar-refractivity contribution in [2.45, 2.75) is 19.3 Å². The fourth-order valence-corrected chi connectivity index (χ4v) is 14.5. The maximum atomic E-state index is 7.00. The van der Waals surface area contributed by atoms with Crippen LogP contribution in [0.5, 0.6) is 0 Å². The summed E-state index contributed by atoms with van der Waals surface area (Å²) in [6.07, 6.45) is 0. The van der Waals surface area contributed by atoms with Crippen LogP contribution in [0, 0.1) is 13.8 Å². The lowest BCUT2D eigenvalue weighted by Crippen LogP contribution is -2.33. The fourth-order valence-electron chi connectivity index (χ4n) is 14.5.